The number of aromatic nitrogens is 3. The number of fused-ring (bicyclic) bond motifs is 1. The Kier molecular flexibility index (Phi) is 5.66. The SMILES string of the molecule is O=C(CSc1nnc(COc2ccccc2Cl)n1C1CC1)c1ccc2ccccc2c1. The van der Waals surface area contributed by atoms with E-state index in [9.17, 15) is 4.79 Å². The number of benzene rings is 3. The zero-order chi connectivity index (χ0) is 21.2. The average molecular weight is 450 g/mol. The van der Waals surface area contributed by atoms with Crippen LogP contribution in [0.2, 0.25) is 5.02 Å². The van der Waals surface area contributed by atoms with Gasteiger partial charge in [0.1, 0.15) is 12.4 Å². The van der Waals surface area contributed by atoms with Crippen molar-refractivity contribution in [2.45, 2.75) is 30.6 Å². The van der Waals surface area contributed by atoms with Gasteiger partial charge in [-0.3, -0.25) is 9.36 Å². The van der Waals surface area contributed by atoms with Gasteiger partial charge >= 0.3 is 0 Å². The Balaban J connectivity index is 1.29. The molecule has 5 nitrogen and oxygen atoms in total. The van der Waals surface area contributed by atoms with Crippen molar-refractivity contribution in [1.29, 1.82) is 0 Å². The Morgan fingerprint density at radius 2 is 1.81 bits per heavy atom. The number of rotatable bonds is 8. The molecule has 3 aromatic carbocycles. The summed E-state index contributed by atoms with van der Waals surface area (Å²) in [5.74, 6) is 1.77. The molecule has 1 saturated carbocycles. The molecule has 0 aliphatic heterocycles. The molecule has 7 heteroatoms. The number of ether oxygens (including phenoxy) is 1. The molecule has 0 unspecified atom stereocenters. The van der Waals surface area contributed by atoms with Crippen LogP contribution in [0.3, 0.4) is 0 Å². The maximum absolute atomic E-state index is 12.8. The van der Waals surface area contributed by atoms with Crippen molar-refractivity contribution < 1.29 is 9.53 Å². The fraction of sp³-hybridized carbons (Fsp3) is 0.208. The quantitative estimate of drug-likeness (QED) is 0.245. The van der Waals surface area contributed by atoms with E-state index in [2.05, 4.69) is 14.8 Å². The minimum atomic E-state index is 0.0787. The van der Waals surface area contributed by atoms with E-state index in [0.29, 0.717) is 28.1 Å². The van der Waals surface area contributed by atoms with Crippen molar-refractivity contribution in [3.05, 3.63) is 83.1 Å². The van der Waals surface area contributed by atoms with Crippen LogP contribution in [0.25, 0.3) is 10.8 Å². The third-order valence-corrected chi connectivity index (χ3v) is 6.50. The molecule has 0 radical (unpaired) electrons. The van der Waals surface area contributed by atoms with Crippen molar-refractivity contribution >= 4 is 39.9 Å². The predicted octanol–water partition coefficient (Wildman–Crippen LogP) is 5.97. The normalized spacial score (nSPS) is 13.5. The third kappa shape index (κ3) is 4.45. The fourth-order valence-corrected chi connectivity index (χ4v) is 4.59. The van der Waals surface area contributed by atoms with Crippen molar-refractivity contribution in [2.75, 3.05) is 5.75 Å². The van der Waals surface area contributed by atoms with E-state index in [0.717, 1.165) is 34.6 Å². The number of hydrogen-bond acceptors (Lipinski definition) is 5. The number of thioether (sulfide) groups is 1. The van der Waals surface area contributed by atoms with Gasteiger partial charge in [0.15, 0.2) is 16.8 Å². The second-order valence-electron chi connectivity index (χ2n) is 7.49. The van der Waals surface area contributed by atoms with Crippen molar-refractivity contribution in [1.82, 2.24) is 14.8 Å². The summed E-state index contributed by atoms with van der Waals surface area (Å²) in [6, 6.07) is 21.6. The highest BCUT2D eigenvalue weighted by molar-refractivity contribution is 7.99. The Morgan fingerprint density at radius 3 is 2.61 bits per heavy atom. The number of hydrogen-bond donors (Lipinski definition) is 0. The summed E-state index contributed by atoms with van der Waals surface area (Å²) in [7, 11) is 0. The summed E-state index contributed by atoms with van der Waals surface area (Å²) in [4.78, 5) is 12.8. The lowest BCUT2D eigenvalue weighted by atomic mass is 10.1. The Morgan fingerprint density at radius 1 is 1.03 bits per heavy atom. The number of carbonyl (C=O) groups is 1. The van der Waals surface area contributed by atoms with E-state index >= 15 is 0 Å². The monoisotopic (exact) mass is 449 g/mol. The van der Waals surface area contributed by atoms with E-state index < -0.39 is 0 Å². The first-order valence-corrected chi connectivity index (χ1v) is 11.5. The van der Waals surface area contributed by atoms with E-state index in [1.807, 2.05) is 60.7 Å². The summed E-state index contributed by atoms with van der Waals surface area (Å²) in [6.45, 7) is 0.284. The van der Waals surface area contributed by atoms with E-state index in [4.69, 9.17) is 16.3 Å². The summed E-state index contributed by atoms with van der Waals surface area (Å²) in [6.07, 6.45) is 2.17. The van der Waals surface area contributed by atoms with Gasteiger partial charge < -0.3 is 4.74 Å². The molecule has 31 heavy (non-hydrogen) atoms. The second-order valence-corrected chi connectivity index (χ2v) is 8.84. The van der Waals surface area contributed by atoms with Crippen LogP contribution in [-0.4, -0.2) is 26.3 Å². The van der Waals surface area contributed by atoms with Gasteiger partial charge in [0.2, 0.25) is 0 Å². The maximum Gasteiger partial charge on any atom is 0.192 e. The summed E-state index contributed by atoms with van der Waals surface area (Å²) in [5.41, 5.74) is 0.714. The Bertz CT molecular complexity index is 1250. The third-order valence-electron chi connectivity index (χ3n) is 5.24. The van der Waals surface area contributed by atoms with Gasteiger partial charge in [-0.15, -0.1) is 10.2 Å². The number of Topliss-reactive ketones (excluding diaryl/α,β-unsaturated/α-hetero) is 1. The molecular formula is C24H20ClN3O2S. The van der Waals surface area contributed by atoms with E-state index in [-0.39, 0.29) is 12.4 Å². The average Bonchev–Trinajstić information content (AvgIpc) is 3.56. The molecule has 0 saturated heterocycles. The van der Waals surface area contributed by atoms with Crippen LogP contribution >= 0.6 is 23.4 Å². The topological polar surface area (TPSA) is 57.0 Å². The first-order valence-electron chi connectivity index (χ1n) is 10.1. The van der Waals surface area contributed by atoms with Crippen molar-refractivity contribution in [2.24, 2.45) is 0 Å². The molecule has 0 atom stereocenters. The predicted molar refractivity (Wildman–Crippen MR) is 123 cm³/mol. The van der Waals surface area contributed by atoms with Crippen LogP contribution in [0.15, 0.2) is 71.9 Å². The maximum atomic E-state index is 12.8. The molecule has 1 aromatic heterocycles. The van der Waals surface area contributed by atoms with Gasteiger partial charge in [0.25, 0.3) is 0 Å². The lowest BCUT2D eigenvalue weighted by Gasteiger charge is -2.10. The van der Waals surface area contributed by atoms with E-state index in [1.54, 1.807) is 6.07 Å². The number of carbonyl (C=O) groups excluding carboxylic acids is 1. The van der Waals surface area contributed by atoms with Gasteiger partial charge in [-0.05, 0) is 41.8 Å². The second kappa shape index (κ2) is 8.73. The van der Waals surface area contributed by atoms with Crippen LogP contribution in [0, 0.1) is 0 Å². The van der Waals surface area contributed by atoms with Crippen molar-refractivity contribution in [3.8, 4) is 5.75 Å². The highest BCUT2D eigenvalue weighted by Crippen LogP contribution is 2.39. The number of ketones is 1. The molecule has 0 spiro atoms. The zero-order valence-electron chi connectivity index (χ0n) is 16.7. The van der Waals surface area contributed by atoms with Crippen LogP contribution < -0.4 is 4.74 Å². The lowest BCUT2D eigenvalue weighted by Crippen LogP contribution is -2.08. The number of para-hydroxylation sites is 1. The largest absolute Gasteiger partial charge is 0.484 e. The molecule has 0 amide bonds. The Hall–Kier alpha value is -2.83. The number of nitrogens with zero attached hydrogens (tertiary/aromatic N) is 3. The van der Waals surface area contributed by atoms with Crippen LogP contribution in [0.1, 0.15) is 35.1 Å². The smallest absolute Gasteiger partial charge is 0.192 e. The summed E-state index contributed by atoms with van der Waals surface area (Å²) in [5, 5.41) is 12.2. The molecule has 0 N–H and O–H groups in total. The van der Waals surface area contributed by atoms with Gasteiger partial charge in [0, 0.05) is 11.6 Å². The highest BCUT2D eigenvalue weighted by Gasteiger charge is 2.30. The van der Waals surface area contributed by atoms with Gasteiger partial charge in [0.05, 0.1) is 10.8 Å². The molecule has 1 fully saturated rings. The minimum absolute atomic E-state index is 0.0787. The number of halogens is 1. The first kappa shape index (κ1) is 20.1. The molecule has 1 aliphatic rings. The summed E-state index contributed by atoms with van der Waals surface area (Å²) >= 11 is 7.61. The van der Waals surface area contributed by atoms with Crippen molar-refractivity contribution in [3.63, 3.8) is 0 Å². The highest BCUT2D eigenvalue weighted by atomic mass is 35.5. The van der Waals surface area contributed by atoms with Gasteiger partial charge in [-0.25, -0.2) is 0 Å². The standard InChI is InChI=1S/C24H20ClN3O2S/c25-20-7-3-4-8-22(20)30-14-23-26-27-24(28(23)19-11-12-19)31-15-21(29)18-10-9-16-5-1-2-6-17(16)13-18/h1-10,13,19H,11-12,14-15H2. The first-order chi connectivity index (χ1) is 15.2. The molecule has 1 heterocycles. The van der Waals surface area contributed by atoms with Gasteiger partial charge in [-0.2, -0.15) is 0 Å². The lowest BCUT2D eigenvalue weighted by molar-refractivity contribution is 0.102. The molecule has 5 rings (SSSR count). The van der Waals surface area contributed by atoms with Crippen LogP contribution in [0.4, 0.5) is 0 Å². The molecule has 156 valence electrons. The Labute approximate surface area is 189 Å². The molecule has 4 aromatic rings. The molecule has 1 aliphatic carbocycles. The summed E-state index contributed by atoms with van der Waals surface area (Å²) < 4.78 is 7.97. The fourth-order valence-electron chi connectivity index (χ4n) is 3.48. The minimum Gasteiger partial charge on any atom is -0.484 e. The van der Waals surface area contributed by atoms with Crippen LogP contribution in [-0.2, 0) is 6.61 Å². The van der Waals surface area contributed by atoms with Crippen LogP contribution in [0.5, 0.6) is 5.75 Å². The van der Waals surface area contributed by atoms with Gasteiger partial charge in [-0.1, -0.05) is 71.9 Å². The molecular weight excluding hydrogens is 430 g/mol. The zero-order valence-corrected chi connectivity index (χ0v) is 18.3. The molecule has 0 bridgehead atoms. The van der Waals surface area contributed by atoms with E-state index in [1.165, 1.54) is 11.8 Å².